The summed E-state index contributed by atoms with van der Waals surface area (Å²) in [5, 5.41) is 16.1. The number of rotatable bonds is 10. The quantitative estimate of drug-likeness (QED) is 0.0709. The van der Waals surface area contributed by atoms with Crippen molar-refractivity contribution in [1.29, 1.82) is 0 Å². The number of ether oxygens (including phenoxy) is 2. The molecule has 1 saturated heterocycles. The van der Waals surface area contributed by atoms with Crippen LogP contribution in [0.5, 0.6) is 0 Å². The number of guanidine groups is 1. The van der Waals surface area contributed by atoms with E-state index in [9.17, 15) is 24.0 Å². The van der Waals surface area contributed by atoms with Gasteiger partial charge in [-0.05, 0) is 67.7 Å². The molecule has 4 aromatic carbocycles. The zero-order valence-corrected chi connectivity index (χ0v) is 33.1. The van der Waals surface area contributed by atoms with E-state index in [4.69, 9.17) is 20.9 Å². The van der Waals surface area contributed by atoms with Crippen LogP contribution >= 0.6 is 0 Å². The predicted octanol–water partition coefficient (Wildman–Crippen LogP) is 2.93. The fourth-order valence-corrected chi connectivity index (χ4v) is 6.59. The summed E-state index contributed by atoms with van der Waals surface area (Å²) in [5.41, 5.74) is 12.8. The Labute approximate surface area is 344 Å². The number of aliphatic imine (C=N–C) groups is 1. The first-order chi connectivity index (χ1) is 28.7. The van der Waals surface area contributed by atoms with Crippen LogP contribution in [0.3, 0.4) is 0 Å². The molecule has 1 heterocycles. The molecule has 5 amide bonds. The smallest absolute Gasteiger partial charge is 0.251 e. The van der Waals surface area contributed by atoms with E-state index in [1.165, 1.54) is 0 Å². The van der Waals surface area contributed by atoms with E-state index < -0.39 is 53.7 Å². The first-order valence-electron chi connectivity index (χ1n) is 20.0. The van der Waals surface area contributed by atoms with Gasteiger partial charge in [-0.3, -0.25) is 29.0 Å². The molecule has 0 radical (unpaired) electrons. The number of anilines is 1. The maximum absolute atomic E-state index is 14.3. The van der Waals surface area contributed by atoms with Gasteiger partial charge in [0.25, 0.3) is 5.91 Å². The maximum atomic E-state index is 14.3. The van der Waals surface area contributed by atoms with Crippen LogP contribution in [0.4, 0.5) is 5.69 Å². The van der Waals surface area contributed by atoms with Crippen molar-refractivity contribution in [3.8, 4) is 0 Å². The number of nitrogens with two attached hydrogens (primary N) is 2. The van der Waals surface area contributed by atoms with E-state index in [2.05, 4.69) is 31.6 Å². The van der Waals surface area contributed by atoms with Crippen LogP contribution in [-0.2, 0) is 35.1 Å². The fraction of sp³-hybridized carbons (Fsp3) is 0.364. The Kier molecular flexibility index (Phi) is 17.2. The molecule has 0 unspecified atom stereocenters. The molecular weight excluding hydrogens is 753 g/mol. The Balaban J connectivity index is 1.42. The molecule has 1 aliphatic rings. The minimum atomic E-state index is -1.17. The molecule has 0 bridgehead atoms. The highest BCUT2D eigenvalue weighted by molar-refractivity contribution is 6.05. The Morgan fingerprint density at radius 1 is 0.695 bits per heavy atom. The summed E-state index contributed by atoms with van der Waals surface area (Å²) in [6.07, 6.45) is 2.09. The van der Waals surface area contributed by atoms with Gasteiger partial charge in [-0.15, -0.1) is 0 Å². The van der Waals surface area contributed by atoms with Gasteiger partial charge in [0.05, 0.1) is 0 Å². The number of hydrogen-bond donors (Lipinski definition) is 7. The second-order valence-electron chi connectivity index (χ2n) is 14.2. The van der Waals surface area contributed by atoms with Gasteiger partial charge in [-0.2, -0.15) is 0 Å². The first-order valence-corrected chi connectivity index (χ1v) is 20.0. The molecule has 5 rings (SSSR count). The molecule has 4 atom stereocenters. The number of fused-ring (bicyclic) bond motifs is 1. The number of carbonyl (C=O) groups is 5. The van der Waals surface area contributed by atoms with Crippen LogP contribution in [0.15, 0.2) is 108 Å². The van der Waals surface area contributed by atoms with Gasteiger partial charge >= 0.3 is 0 Å². The number of benzene rings is 4. The number of nitrogens with one attached hydrogen (secondary N) is 5. The zero-order chi connectivity index (χ0) is 41.8. The van der Waals surface area contributed by atoms with E-state index in [1.54, 1.807) is 36.4 Å². The van der Waals surface area contributed by atoms with Gasteiger partial charge in [0.15, 0.2) is 5.96 Å². The Bertz CT molecular complexity index is 2020. The summed E-state index contributed by atoms with van der Waals surface area (Å²) in [4.78, 5) is 73.7. The predicted molar refractivity (Wildman–Crippen MR) is 226 cm³/mol. The van der Waals surface area contributed by atoms with E-state index in [0.29, 0.717) is 43.7 Å². The van der Waals surface area contributed by atoms with Gasteiger partial charge in [0.1, 0.15) is 24.2 Å². The van der Waals surface area contributed by atoms with Gasteiger partial charge < -0.3 is 47.5 Å². The highest BCUT2D eigenvalue weighted by atomic mass is 16.5. The summed E-state index contributed by atoms with van der Waals surface area (Å²) in [7, 11) is 0. The minimum absolute atomic E-state index is 0.0734. The average molecular weight is 807 g/mol. The molecule has 59 heavy (non-hydrogen) atoms. The Morgan fingerprint density at radius 3 is 2.05 bits per heavy atom. The molecule has 1 fully saturated rings. The molecule has 1 aliphatic heterocycles. The molecule has 0 spiro atoms. The third-order valence-corrected chi connectivity index (χ3v) is 9.76. The largest absolute Gasteiger partial charge is 0.381 e. The molecule has 0 aliphatic carbocycles. The number of hydrogen-bond acceptors (Lipinski definition) is 8. The molecular formula is C44H54N8O7. The van der Waals surface area contributed by atoms with Crippen LogP contribution in [0, 0.1) is 0 Å². The summed E-state index contributed by atoms with van der Waals surface area (Å²) >= 11 is 0. The molecule has 0 aromatic heterocycles. The molecule has 0 saturated carbocycles. The van der Waals surface area contributed by atoms with E-state index >= 15 is 0 Å². The molecule has 15 heteroatoms. The van der Waals surface area contributed by atoms with Crippen molar-refractivity contribution in [3.63, 3.8) is 0 Å². The van der Waals surface area contributed by atoms with Crippen molar-refractivity contribution >= 4 is 52.0 Å². The van der Waals surface area contributed by atoms with Crippen molar-refractivity contribution < 1.29 is 33.4 Å². The van der Waals surface area contributed by atoms with Gasteiger partial charge in [0.2, 0.25) is 23.6 Å². The van der Waals surface area contributed by atoms with Crippen molar-refractivity contribution in [2.24, 2.45) is 16.5 Å². The van der Waals surface area contributed by atoms with E-state index in [-0.39, 0.29) is 51.4 Å². The second-order valence-corrected chi connectivity index (χ2v) is 14.2. The van der Waals surface area contributed by atoms with Crippen molar-refractivity contribution in [3.05, 3.63) is 114 Å². The molecule has 4 aromatic rings. The zero-order valence-electron chi connectivity index (χ0n) is 33.1. The first kappa shape index (κ1) is 43.8. The monoisotopic (exact) mass is 806 g/mol. The van der Waals surface area contributed by atoms with Crippen LogP contribution < -0.4 is 38.1 Å². The summed E-state index contributed by atoms with van der Waals surface area (Å²) < 4.78 is 11.7. The lowest BCUT2D eigenvalue weighted by atomic mass is 10.0. The SMILES string of the molecule is NC(N)=NCCC[C@@H]1NC(=O)[C@@H](Cc2ccccc2)NC(=O)[C@@H](NC(=O)c2ccccc2)CCOCCCCOCC[C@@H](C(=O)Nc2cccc3ccccc23)NC1=O. The second kappa shape index (κ2) is 23.2. The standard InChI is InChI=1S/C44H54N8O7/c45-44(46)47-24-12-21-35-40(54)51-37(41(55)48-34-20-11-18-31-15-7-8-19-33(31)34)23-28-59-26-10-9-25-58-27-22-36(49-39(53)32-16-5-2-6-17-32)42(56)52-38(43(57)50-35)29-30-13-3-1-4-14-30/h1-8,11,13-20,35-38H,9-10,12,21-29H2,(H,48,55)(H,49,53)(H,50,57)(H,51,54)(H,52,56)(H4,45,46,47)/t35-,36-,37-,38+/m0/s1. The van der Waals surface area contributed by atoms with Crippen molar-refractivity contribution in [2.75, 3.05) is 38.3 Å². The van der Waals surface area contributed by atoms with Gasteiger partial charge in [-0.25, -0.2) is 0 Å². The Morgan fingerprint density at radius 2 is 1.32 bits per heavy atom. The highest BCUT2D eigenvalue weighted by Gasteiger charge is 2.32. The van der Waals surface area contributed by atoms with Crippen LogP contribution in [0.1, 0.15) is 54.4 Å². The topological polar surface area (TPSA) is 228 Å². The fourth-order valence-electron chi connectivity index (χ4n) is 6.59. The van der Waals surface area contributed by atoms with Crippen LogP contribution in [0.2, 0.25) is 0 Å². The van der Waals surface area contributed by atoms with E-state index in [0.717, 1.165) is 16.3 Å². The average Bonchev–Trinajstić information content (AvgIpc) is 3.24. The lowest BCUT2D eigenvalue weighted by Gasteiger charge is -2.27. The van der Waals surface area contributed by atoms with Crippen LogP contribution in [0.25, 0.3) is 10.8 Å². The van der Waals surface area contributed by atoms with E-state index in [1.807, 2.05) is 66.7 Å². The molecule has 312 valence electrons. The molecule has 9 N–H and O–H groups in total. The van der Waals surface area contributed by atoms with Crippen molar-refractivity contribution in [1.82, 2.24) is 21.3 Å². The third kappa shape index (κ3) is 14.2. The lowest BCUT2D eigenvalue weighted by molar-refractivity contribution is -0.133. The van der Waals surface area contributed by atoms with Gasteiger partial charge in [0, 0.05) is 56.0 Å². The van der Waals surface area contributed by atoms with Crippen molar-refractivity contribution in [2.45, 2.75) is 69.1 Å². The van der Waals surface area contributed by atoms with Gasteiger partial charge in [-0.1, -0.05) is 84.9 Å². The number of nitrogens with zero attached hydrogens (tertiary/aromatic N) is 1. The third-order valence-electron chi connectivity index (χ3n) is 9.76. The normalized spacial score (nSPS) is 20.2. The minimum Gasteiger partial charge on any atom is -0.381 e. The highest BCUT2D eigenvalue weighted by Crippen LogP contribution is 2.23. The number of amides is 5. The Hall–Kier alpha value is -6.32. The summed E-state index contributed by atoms with van der Waals surface area (Å²) in [6, 6.07) is 26.4. The molecule has 15 nitrogen and oxygen atoms in total. The lowest BCUT2D eigenvalue weighted by Crippen LogP contribution is -2.58. The summed E-state index contributed by atoms with van der Waals surface area (Å²) in [6.45, 7) is 1.29. The maximum Gasteiger partial charge on any atom is 0.251 e. The van der Waals surface area contributed by atoms with Crippen LogP contribution in [-0.4, -0.2) is 92.6 Å². The summed E-state index contributed by atoms with van der Waals surface area (Å²) in [5.74, 6) is -2.91. The number of carbonyl (C=O) groups excluding carboxylic acids is 5.